The minimum atomic E-state index is -4.25. The van der Waals surface area contributed by atoms with Crippen LogP contribution in [0.5, 0.6) is 11.5 Å². The number of methoxy groups -OCH3 is 2. The number of amides is 1. The molecule has 1 amide bonds. The van der Waals surface area contributed by atoms with Crippen molar-refractivity contribution in [2.45, 2.75) is 25.3 Å². The summed E-state index contributed by atoms with van der Waals surface area (Å²) in [7, 11) is -1.40. The molecule has 0 aliphatic carbocycles. The molecule has 164 valence electrons. The average Bonchev–Trinajstić information content (AvgIpc) is 2.70. The topological polar surface area (TPSA) is 82.1 Å². The first kappa shape index (κ1) is 23.6. The number of carbonyl (C=O) groups excluding carboxylic acids is 1. The first-order valence-corrected chi connectivity index (χ1v) is 10.7. The van der Waals surface area contributed by atoms with Gasteiger partial charge in [-0.2, -0.15) is 8.42 Å². The zero-order valence-electron chi connectivity index (χ0n) is 17.4. The van der Waals surface area contributed by atoms with Gasteiger partial charge < -0.3 is 18.6 Å². The van der Waals surface area contributed by atoms with E-state index in [2.05, 4.69) is 0 Å². The van der Waals surface area contributed by atoms with E-state index in [1.165, 1.54) is 31.4 Å². The maximum absolute atomic E-state index is 13.9. The molecule has 0 aliphatic rings. The van der Waals surface area contributed by atoms with E-state index in [4.69, 9.17) is 13.7 Å². The number of hydrogen-bond acceptors (Lipinski definition) is 6. The number of carbonyl (C=O) groups is 1. The Bertz CT molecular complexity index is 977. The van der Waals surface area contributed by atoms with Crippen LogP contribution in [-0.2, 0) is 26.2 Å². The largest absolute Gasteiger partial charge is 0.494 e. The van der Waals surface area contributed by atoms with E-state index in [9.17, 15) is 17.6 Å². The fraction of sp³-hybridized carbons (Fsp3) is 0.381. The van der Waals surface area contributed by atoms with Gasteiger partial charge in [-0.25, -0.2) is 4.39 Å². The van der Waals surface area contributed by atoms with E-state index in [0.29, 0.717) is 18.7 Å². The maximum atomic E-state index is 13.9. The predicted octanol–water partition coefficient (Wildman–Crippen LogP) is 3.23. The number of nitrogens with zero attached hydrogens (tertiary/aromatic N) is 1. The van der Waals surface area contributed by atoms with Crippen molar-refractivity contribution in [2.75, 3.05) is 27.4 Å². The molecule has 0 atom stereocenters. The molecule has 30 heavy (non-hydrogen) atoms. The van der Waals surface area contributed by atoms with Crippen LogP contribution in [-0.4, -0.2) is 46.6 Å². The molecule has 0 radical (unpaired) electrons. The smallest absolute Gasteiger partial charge is 0.339 e. The van der Waals surface area contributed by atoms with Crippen molar-refractivity contribution >= 4 is 16.0 Å². The summed E-state index contributed by atoms with van der Waals surface area (Å²) in [5.74, 6) is -1.04. The lowest BCUT2D eigenvalue weighted by molar-refractivity contribution is -0.135. The Morgan fingerprint density at radius 1 is 1.13 bits per heavy atom. The molecule has 0 aromatic heterocycles. The minimum absolute atomic E-state index is 0.0419. The molecule has 2 aromatic carbocycles. The van der Waals surface area contributed by atoms with Gasteiger partial charge in [0.15, 0.2) is 11.6 Å². The second-order valence-corrected chi connectivity index (χ2v) is 8.43. The molecule has 0 saturated heterocycles. The summed E-state index contributed by atoms with van der Waals surface area (Å²) in [4.78, 5) is 13.7. The Hall–Kier alpha value is -2.65. The summed E-state index contributed by atoms with van der Waals surface area (Å²) in [6.07, 6.45) is 0. The molecule has 0 heterocycles. The molecule has 0 aliphatic heterocycles. The van der Waals surface area contributed by atoms with E-state index in [0.717, 1.165) is 6.07 Å². The van der Waals surface area contributed by atoms with Gasteiger partial charge in [-0.1, -0.05) is 26.0 Å². The highest BCUT2D eigenvalue weighted by Crippen LogP contribution is 2.24. The van der Waals surface area contributed by atoms with Crippen LogP contribution in [0, 0.1) is 11.7 Å². The third-order valence-electron chi connectivity index (χ3n) is 4.26. The van der Waals surface area contributed by atoms with Gasteiger partial charge in [0.05, 0.1) is 13.7 Å². The second-order valence-electron chi connectivity index (χ2n) is 6.89. The molecule has 9 heteroatoms. The fourth-order valence-electron chi connectivity index (χ4n) is 2.73. The van der Waals surface area contributed by atoms with Crippen molar-refractivity contribution in [3.63, 3.8) is 0 Å². The summed E-state index contributed by atoms with van der Waals surface area (Å²) in [6, 6.07) is 9.66. The maximum Gasteiger partial charge on any atom is 0.339 e. The van der Waals surface area contributed by atoms with Gasteiger partial charge in [-0.05, 0) is 35.9 Å². The van der Waals surface area contributed by atoms with Gasteiger partial charge in [0.25, 0.3) is 0 Å². The van der Waals surface area contributed by atoms with Crippen LogP contribution in [0.25, 0.3) is 0 Å². The highest BCUT2D eigenvalue weighted by molar-refractivity contribution is 7.87. The highest BCUT2D eigenvalue weighted by atomic mass is 32.2. The van der Waals surface area contributed by atoms with Crippen LogP contribution >= 0.6 is 0 Å². The number of benzene rings is 2. The Kier molecular flexibility index (Phi) is 8.19. The molecular weight excluding hydrogens is 413 g/mol. The third-order valence-corrected chi connectivity index (χ3v) is 5.50. The monoisotopic (exact) mass is 439 g/mol. The number of rotatable bonds is 10. The van der Waals surface area contributed by atoms with Gasteiger partial charge >= 0.3 is 10.1 Å². The zero-order valence-corrected chi connectivity index (χ0v) is 18.2. The summed E-state index contributed by atoms with van der Waals surface area (Å²) in [5, 5.41) is 0. The summed E-state index contributed by atoms with van der Waals surface area (Å²) < 4.78 is 53.9. The molecule has 0 spiro atoms. The summed E-state index contributed by atoms with van der Waals surface area (Å²) in [5.41, 5.74) is 0.689. The Morgan fingerprint density at radius 2 is 1.87 bits per heavy atom. The molecule has 0 fully saturated rings. The minimum Gasteiger partial charge on any atom is -0.494 e. The lowest BCUT2D eigenvalue weighted by Crippen LogP contribution is -2.36. The Morgan fingerprint density at radius 3 is 2.47 bits per heavy atom. The lowest BCUT2D eigenvalue weighted by Gasteiger charge is -2.24. The van der Waals surface area contributed by atoms with E-state index < -0.39 is 15.9 Å². The number of ether oxygens (including phenoxy) is 2. The zero-order chi connectivity index (χ0) is 22.3. The van der Waals surface area contributed by atoms with Crippen LogP contribution in [0.3, 0.4) is 0 Å². The quantitative estimate of drug-likeness (QED) is 0.529. The van der Waals surface area contributed by atoms with Crippen LogP contribution in [0.4, 0.5) is 4.39 Å². The average molecular weight is 440 g/mol. The van der Waals surface area contributed by atoms with Gasteiger partial charge in [0, 0.05) is 26.1 Å². The van der Waals surface area contributed by atoms with E-state index >= 15 is 0 Å². The fourth-order valence-corrected chi connectivity index (χ4v) is 3.66. The molecule has 7 nitrogen and oxygen atoms in total. The lowest BCUT2D eigenvalue weighted by atomic mass is 10.1. The first-order chi connectivity index (χ1) is 14.2. The standard InChI is InChI=1S/C21H26FNO6S/c1-15(2)21(24)23(10-11-27-3)14-16-6-5-7-17(12-16)29-30(25,26)18-8-9-20(28-4)19(22)13-18/h5-9,12-13,15H,10-11,14H2,1-4H3. The summed E-state index contributed by atoms with van der Waals surface area (Å²) in [6.45, 7) is 4.67. The van der Waals surface area contributed by atoms with Crippen molar-refractivity contribution in [1.29, 1.82) is 0 Å². The Labute approximate surface area is 176 Å². The molecule has 0 unspecified atom stereocenters. The van der Waals surface area contributed by atoms with Gasteiger partial charge in [0.1, 0.15) is 10.6 Å². The van der Waals surface area contributed by atoms with Crippen molar-refractivity contribution < 1.29 is 31.3 Å². The molecular formula is C21H26FNO6S. The molecule has 0 N–H and O–H groups in total. The van der Waals surface area contributed by atoms with E-state index in [1.807, 2.05) is 13.8 Å². The van der Waals surface area contributed by atoms with E-state index in [-0.39, 0.29) is 34.8 Å². The van der Waals surface area contributed by atoms with Crippen LogP contribution in [0.1, 0.15) is 19.4 Å². The number of halogens is 1. The first-order valence-electron chi connectivity index (χ1n) is 9.32. The molecule has 2 aromatic rings. The van der Waals surface area contributed by atoms with Crippen molar-refractivity contribution in [3.8, 4) is 11.5 Å². The Balaban J connectivity index is 2.21. The predicted molar refractivity (Wildman–Crippen MR) is 109 cm³/mol. The van der Waals surface area contributed by atoms with Crippen molar-refractivity contribution in [3.05, 3.63) is 53.8 Å². The molecule has 2 rings (SSSR count). The van der Waals surface area contributed by atoms with Crippen LogP contribution < -0.4 is 8.92 Å². The molecule has 0 saturated carbocycles. The van der Waals surface area contributed by atoms with Gasteiger partial charge in [-0.15, -0.1) is 0 Å². The SMILES string of the molecule is COCCN(Cc1cccc(OS(=O)(=O)c2ccc(OC)c(F)c2)c1)C(=O)C(C)C. The third kappa shape index (κ3) is 6.17. The van der Waals surface area contributed by atoms with Crippen LogP contribution in [0.15, 0.2) is 47.4 Å². The molecule has 0 bridgehead atoms. The van der Waals surface area contributed by atoms with Gasteiger partial charge in [-0.3, -0.25) is 4.79 Å². The van der Waals surface area contributed by atoms with Crippen LogP contribution in [0.2, 0.25) is 0 Å². The van der Waals surface area contributed by atoms with Gasteiger partial charge in [0.2, 0.25) is 5.91 Å². The highest BCUT2D eigenvalue weighted by Gasteiger charge is 2.20. The normalized spacial score (nSPS) is 11.4. The van der Waals surface area contributed by atoms with Crippen molar-refractivity contribution in [2.24, 2.45) is 5.92 Å². The van der Waals surface area contributed by atoms with E-state index in [1.54, 1.807) is 24.1 Å². The number of hydrogen-bond donors (Lipinski definition) is 0. The van der Waals surface area contributed by atoms with Crippen molar-refractivity contribution in [1.82, 2.24) is 4.90 Å². The summed E-state index contributed by atoms with van der Waals surface area (Å²) >= 11 is 0. The second kappa shape index (κ2) is 10.4.